The van der Waals surface area contributed by atoms with Crippen LogP contribution in [0.1, 0.15) is 0 Å². The molecule has 1 aromatic rings. The quantitative estimate of drug-likeness (QED) is 0.435. The van der Waals surface area contributed by atoms with Gasteiger partial charge in [0.1, 0.15) is 5.84 Å². The van der Waals surface area contributed by atoms with Gasteiger partial charge in [-0.25, -0.2) is 10.4 Å². The number of hydrogen-bond donors (Lipinski definition) is 3. The molecule has 108 valence electrons. The average molecular weight is 325 g/mol. The first-order chi connectivity index (χ1) is 9.25. The third-order valence-corrected chi connectivity index (χ3v) is 3.31. The summed E-state index contributed by atoms with van der Waals surface area (Å²) >= 11 is 5.79. The molecule has 0 atom stereocenters. The van der Waals surface area contributed by atoms with Gasteiger partial charge in [0.05, 0.1) is 15.6 Å². The highest BCUT2D eigenvalue weighted by Crippen LogP contribution is 2.28. The first kappa shape index (κ1) is 14.7. The molecule has 0 bridgehead atoms. The first-order valence-electron chi connectivity index (χ1n) is 4.98. The summed E-state index contributed by atoms with van der Waals surface area (Å²) in [6, 6.07) is 3.20. The predicted molar refractivity (Wildman–Crippen MR) is 66.8 cm³/mol. The highest BCUT2D eigenvalue weighted by atomic mass is 35.5. The lowest BCUT2D eigenvalue weighted by Crippen LogP contribution is -2.47. The second kappa shape index (κ2) is 5.32. The molecule has 0 saturated heterocycles. The molecule has 1 heterocycles. The van der Waals surface area contributed by atoms with Crippen molar-refractivity contribution in [2.45, 2.75) is 4.90 Å². The monoisotopic (exact) mass is 324 g/mol. The van der Waals surface area contributed by atoms with Crippen LogP contribution in [0.15, 0.2) is 40.1 Å². The van der Waals surface area contributed by atoms with Gasteiger partial charge in [-0.1, -0.05) is 16.1 Å². The zero-order valence-corrected chi connectivity index (χ0v) is 11.1. The highest BCUT2D eigenvalue weighted by molar-refractivity contribution is 7.85. The lowest BCUT2D eigenvalue weighted by atomic mass is 10.3. The number of halogens is 3. The van der Waals surface area contributed by atoms with Crippen molar-refractivity contribution in [2.75, 3.05) is 0 Å². The summed E-state index contributed by atoms with van der Waals surface area (Å²) in [6.07, 6.45) is 0.826. The van der Waals surface area contributed by atoms with Gasteiger partial charge in [0, 0.05) is 11.4 Å². The Morgan fingerprint density at radius 2 is 2.05 bits per heavy atom. The topological polar surface area (TPSA) is 94.0 Å². The summed E-state index contributed by atoms with van der Waals surface area (Å²) in [4.78, 5) is 3.31. The number of nitrogens with one attached hydrogen (secondary N) is 2. The summed E-state index contributed by atoms with van der Waals surface area (Å²) in [5.74, 6) is -1.29. The van der Waals surface area contributed by atoms with Crippen molar-refractivity contribution in [2.24, 2.45) is 4.99 Å². The fourth-order valence-corrected chi connectivity index (χ4v) is 1.99. The molecule has 1 aliphatic rings. The molecule has 2 rings (SSSR count). The van der Waals surface area contributed by atoms with Crippen LogP contribution in [0.4, 0.5) is 14.6 Å². The van der Waals surface area contributed by atoms with Crippen molar-refractivity contribution in [1.29, 1.82) is 0 Å². The number of rotatable bonds is 2. The van der Waals surface area contributed by atoms with E-state index in [4.69, 9.17) is 16.2 Å². The van der Waals surface area contributed by atoms with Crippen molar-refractivity contribution in [3.63, 3.8) is 0 Å². The molecule has 0 aliphatic carbocycles. The van der Waals surface area contributed by atoms with Crippen molar-refractivity contribution in [1.82, 2.24) is 16.2 Å². The number of amidine groups is 1. The van der Waals surface area contributed by atoms with E-state index in [9.17, 15) is 17.3 Å². The lowest BCUT2D eigenvalue weighted by Gasteiger charge is -2.19. The Morgan fingerprint density at radius 3 is 2.65 bits per heavy atom. The van der Waals surface area contributed by atoms with Gasteiger partial charge in [-0.05, 0) is 18.2 Å². The Kier molecular flexibility index (Phi) is 3.90. The van der Waals surface area contributed by atoms with Crippen LogP contribution in [-0.2, 0) is 10.1 Å². The second-order valence-electron chi connectivity index (χ2n) is 3.58. The maximum absolute atomic E-state index is 12.9. The maximum Gasteiger partial charge on any atom is 0.294 e. The number of nitrogens with zero attached hydrogens (tertiary/aromatic N) is 2. The minimum Gasteiger partial charge on any atom is -0.282 e. The van der Waals surface area contributed by atoms with Gasteiger partial charge in [0.25, 0.3) is 10.1 Å². The standard InChI is InChI=1S/C9H7ClF2N4O3S/c10-6-2-1-5(20(17,18)19)3-7(6)13-9-4-8(11)14-16(12)15-9/h1-4,14H,(H,13,15)(H,17,18,19). The SMILES string of the molecule is O=S(=O)(O)c1ccc(Cl)c(N=C2C=C(F)NN(F)N2)c1. The van der Waals surface area contributed by atoms with E-state index in [1.54, 1.807) is 5.43 Å². The van der Waals surface area contributed by atoms with E-state index in [1.165, 1.54) is 6.07 Å². The molecule has 0 radical (unpaired) electrons. The van der Waals surface area contributed by atoms with Gasteiger partial charge in [0.15, 0.2) is 0 Å². The largest absolute Gasteiger partial charge is 0.294 e. The average Bonchev–Trinajstić information content (AvgIpc) is 2.29. The van der Waals surface area contributed by atoms with E-state index in [0.29, 0.717) is 0 Å². The molecule has 1 aliphatic heterocycles. The third kappa shape index (κ3) is 3.42. The fourth-order valence-electron chi connectivity index (χ4n) is 1.33. The number of aliphatic imine (C=N–C) groups is 1. The van der Waals surface area contributed by atoms with Crippen molar-refractivity contribution in [3.05, 3.63) is 35.2 Å². The van der Waals surface area contributed by atoms with Crippen molar-refractivity contribution in [3.8, 4) is 0 Å². The van der Waals surface area contributed by atoms with E-state index < -0.39 is 21.0 Å². The molecule has 20 heavy (non-hydrogen) atoms. The molecule has 0 amide bonds. The molecular formula is C9H7ClF2N4O3S. The molecule has 7 nitrogen and oxygen atoms in total. The highest BCUT2D eigenvalue weighted by Gasteiger charge is 2.16. The van der Waals surface area contributed by atoms with Crippen LogP contribution in [0.2, 0.25) is 5.02 Å². The van der Waals surface area contributed by atoms with Gasteiger partial charge >= 0.3 is 0 Å². The second-order valence-corrected chi connectivity index (χ2v) is 5.41. The van der Waals surface area contributed by atoms with E-state index >= 15 is 0 Å². The number of benzene rings is 1. The van der Waals surface area contributed by atoms with Crippen LogP contribution in [0, 0.1) is 0 Å². The van der Waals surface area contributed by atoms with E-state index in [2.05, 4.69) is 4.99 Å². The molecule has 0 unspecified atom stereocenters. The molecule has 1 aromatic carbocycles. The molecule has 0 aromatic heterocycles. The van der Waals surface area contributed by atoms with Gasteiger partial charge < -0.3 is 0 Å². The summed E-state index contributed by atoms with van der Waals surface area (Å²) < 4.78 is 56.7. The van der Waals surface area contributed by atoms with E-state index in [1.807, 2.05) is 5.43 Å². The number of hydrogen-bond acceptors (Lipinski definition) is 5. The van der Waals surface area contributed by atoms with Crippen LogP contribution in [-0.4, -0.2) is 24.1 Å². The number of hydrazine groups is 2. The Morgan fingerprint density at radius 1 is 1.35 bits per heavy atom. The van der Waals surface area contributed by atoms with E-state index in [0.717, 1.165) is 18.2 Å². The predicted octanol–water partition coefficient (Wildman–Crippen LogP) is 1.64. The molecule has 0 fully saturated rings. The van der Waals surface area contributed by atoms with Gasteiger partial charge in [-0.15, -0.1) is 0 Å². The normalized spacial score (nSPS) is 18.4. The molecule has 11 heteroatoms. The van der Waals surface area contributed by atoms with Crippen molar-refractivity contribution < 1.29 is 21.8 Å². The molecule has 0 saturated carbocycles. The minimum atomic E-state index is -4.44. The fraction of sp³-hybridized carbons (Fsp3) is 0. The zero-order valence-electron chi connectivity index (χ0n) is 9.51. The summed E-state index contributed by atoms with van der Waals surface area (Å²) in [6.45, 7) is 0. The minimum absolute atomic E-state index is 0.0319. The molecule has 3 N–H and O–H groups in total. The Bertz CT molecular complexity index is 707. The van der Waals surface area contributed by atoms with Crippen LogP contribution in [0.25, 0.3) is 0 Å². The van der Waals surface area contributed by atoms with Gasteiger partial charge in [-0.2, -0.15) is 12.8 Å². The summed E-state index contributed by atoms with van der Waals surface area (Å²) in [5, 5.41) is -0.251. The first-order valence-corrected chi connectivity index (χ1v) is 6.79. The Labute approximate surface area is 117 Å². The maximum atomic E-state index is 12.9. The van der Waals surface area contributed by atoms with Gasteiger partial charge in [-0.3, -0.25) is 9.98 Å². The summed E-state index contributed by atoms with van der Waals surface area (Å²) in [7, 11) is -4.44. The molecule has 0 spiro atoms. The smallest absolute Gasteiger partial charge is 0.282 e. The van der Waals surface area contributed by atoms with Crippen LogP contribution >= 0.6 is 11.6 Å². The lowest BCUT2D eigenvalue weighted by molar-refractivity contribution is -0.0612. The van der Waals surface area contributed by atoms with Crippen molar-refractivity contribution >= 4 is 33.2 Å². The van der Waals surface area contributed by atoms with Crippen LogP contribution in [0.5, 0.6) is 0 Å². The summed E-state index contributed by atoms with van der Waals surface area (Å²) in [5.41, 5.74) is 3.55. The Hall–Kier alpha value is -1.75. The molecular weight excluding hydrogens is 318 g/mol. The third-order valence-electron chi connectivity index (χ3n) is 2.14. The Balaban J connectivity index is 2.45. The van der Waals surface area contributed by atoms with E-state index in [-0.39, 0.29) is 21.9 Å². The zero-order chi connectivity index (χ0) is 14.9. The van der Waals surface area contributed by atoms with Gasteiger partial charge in [0.2, 0.25) is 5.95 Å². The van der Waals surface area contributed by atoms with Crippen LogP contribution in [0.3, 0.4) is 0 Å². The van der Waals surface area contributed by atoms with Crippen LogP contribution < -0.4 is 10.9 Å².